The highest BCUT2D eigenvalue weighted by Crippen LogP contribution is 2.25. The molecule has 3 N–H and O–H groups in total. The Kier molecular flexibility index (Phi) is 3.69. The summed E-state index contributed by atoms with van der Waals surface area (Å²) in [5.41, 5.74) is 7.33. The van der Waals surface area contributed by atoms with Crippen molar-refractivity contribution in [1.29, 1.82) is 0 Å². The standard InChI is InChI=1S/C14H22N2O/c1-10-7-11(2)16(8-10)9-14(17)12-3-5-13(15)6-4-12/h3-6,10-11,14,17H,7-9,15H2,1-2H3. The highest BCUT2D eigenvalue weighted by Gasteiger charge is 2.27. The van der Waals surface area contributed by atoms with E-state index in [0.29, 0.717) is 6.04 Å². The second-order valence-corrected chi connectivity index (χ2v) is 5.33. The Balaban J connectivity index is 1.97. The van der Waals surface area contributed by atoms with Gasteiger partial charge in [-0.25, -0.2) is 0 Å². The van der Waals surface area contributed by atoms with Crippen LogP contribution in [0.1, 0.15) is 31.9 Å². The Morgan fingerprint density at radius 3 is 2.53 bits per heavy atom. The molecule has 3 heteroatoms. The number of aliphatic hydroxyl groups is 1. The van der Waals surface area contributed by atoms with E-state index in [1.807, 2.05) is 24.3 Å². The number of hydrogen-bond donors (Lipinski definition) is 2. The van der Waals surface area contributed by atoms with Gasteiger partial charge >= 0.3 is 0 Å². The monoisotopic (exact) mass is 234 g/mol. The van der Waals surface area contributed by atoms with Gasteiger partial charge in [-0.15, -0.1) is 0 Å². The van der Waals surface area contributed by atoms with Gasteiger partial charge in [0.15, 0.2) is 0 Å². The van der Waals surface area contributed by atoms with Crippen molar-refractivity contribution in [2.75, 3.05) is 18.8 Å². The Hall–Kier alpha value is -1.06. The normalized spacial score (nSPS) is 27.2. The third-order valence-corrected chi connectivity index (χ3v) is 3.64. The summed E-state index contributed by atoms with van der Waals surface area (Å²) < 4.78 is 0. The largest absolute Gasteiger partial charge is 0.399 e. The van der Waals surface area contributed by atoms with Crippen LogP contribution in [0.3, 0.4) is 0 Å². The molecule has 1 aromatic carbocycles. The smallest absolute Gasteiger partial charge is 0.0917 e. The van der Waals surface area contributed by atoms with Gasteiger partial charge in [0.1, 0.15) is 0 Å². The molecule has 94 valence electrons. The maximum atomic E-state index is 10.2. The van der Waals surface area contributed by atoms with Crippen LogP contribution in [0.15, 0.2) is 24.3 Å². The molecule has 1 aromatic rings. The van der Waals surface area contributed by atoms with Crippen LogP contribution in [0.25, 0.3) is 0 Å². The Morgan fingerprint density at radius 2 is 2.00 bits per heavy atom. The van der Waals surface area contributed by atoms with Crippen molar-refractivity contribution in [2.24, 2.45) is 5.92 Å². The van der Waals surface area contributed by atoms with E-state index in [4.69, 9.17) is 5.73 Å². The van der Waals surface area contributed by atoms with Crippen LogP contribution in [0, 0.1) is 5.92 Å². The number of anilines is 1. The van der Waals surface area contributed by atoms with Crippen LogP contribution < -0.4 is 5.73 Å². The number of benzene rings is 1. The molecule has 0 aromatic heterocycles. The highest BCUT2D eigenvalue weighted by atomic mass is 16.3. The van der Waals surface area contributed by atoms with Crippen molar-refractivity contribution in [3.8, 4) is 0 Å². The second-order valence-electron chi connectivity index (χ2n) is 5.33. The number of likely N-dealkylation sites (tertiary alicyclic amines) is 1. The zero-order valence-electron chi connectivity index (χ0n) is 10.6. The molecule has 3 nitrogen and oxygen atoms in total. The van der Waals surface area contributed by atoms with E-state index in [-0.39, 0.29) is 0 Å². The fourth-order valence-electron chi connectivity index (χ4n) is 2.69. The lowest BCUT2D eigenvalue weighted by Crippen LogP contribution is -2.31. The zero-order chi connectivity index (χ0) is 12.4. The van der Waals surface area contributed by atoms with Crippen molar-refractivity contribution in [3.63, 3.8) is 0 Å². The molecule has 1 aliphatic rings. The first kappa shape index (κ1) is 12.4. The zero-order valence-corrected chi connectivity index (χ0v) is 10.6. The predicted molar refractivity (Wildman–Crippen MR) is 70.6 cm³/mol. The van der Waals surface area contributed by atoms with Gasteiger partial charge in [0.05, 0.1) is 6.10 Å². The molecule has 0 saturated carbocycles. The average Bonchev–Trinajstić information content (AvgIpc) is 2.58. The lowest BCUT2D eigenvalue weighted by Gasteiger charge is -2.24. The first-order valence-electron chi connectivity index (χ1n) is 6.34. The minimum atomic E-state index is -0.414. The second kappa shape index (κ2) is 5.07. The summed E-state index contributed by atoms with van der Waals surface area (Å²) in [5.74, 6) is 0.739. The molecule has 17 heavy (non-hydrogen) atoms. The van der Waals surface area contributed by atoms with Gasteiger partial charge in [0.2, 0.25) is 0 Å². The van der Waals surface area contributed by atoms with Gasteiger partial charge in [0, 0.05) is 24.8 Å². The maximum absolute atomic E-state index is 10.2. The number of β-amino-alcohol motifs (C(OH)–C–C–N with tert-alkyl or cyclic N) is 1. The molecule has 3 unspecified atom stereocenters. The summed E-state index contributed by atoms with van der Waals surface area (Å²) >= 11 is 0. The molecule has 0 bridgehead atoms. The topological polar surface area (TPSA) is 49.5 Å². The Labute approximate surface area is 103 Å². The lowest BCUT2D eigenvalue weighted by atomic mass is 10.1. The minimum absolute atomic E-state index is 0.414. The number of aliphatic hydroxyl groups excluding tert-OH is 1. The van der Waals surface area contributed by atoms with Gasteiger partial charge in [-0.1, -0.05) is 19.1 Å². The van der Waals surface area contributed by atoms with E-state index < -0.39 is 6.10 Å². The summed E-state index contributed by atoms with van der Waals surface area (Å²) in [6.45, 7) is 6.31. The van der Waals surface area contributed by atoms with Crippen molar-refractivity contribution >= 4 is 5.69 Å². The van der Waals surface area contributed by atoms with Crippen molar-refractivity contribution in [2.45, 2.75) is 32.4 Å². The van der Waals surface area contributed by atoms with Gasteiger partial charge in [-0.3, -0.25) is 4.90 Å². The van der Waals surface area contributed by atoms with Crippen LogP contribution >= 0.6 is 0 Å². The molecule has 0 aliphatic carbocycles. The van der Waals surface area contributed by atoms with Crippen LogP contribution in [0.5, 0.6) is 0 Å². The van der Waals surface area contributed by atoms with E-state index >= 15 is 0 Å². The van der Waals surface area contributed by atoms with Crippen LogP contribution in [-0.4, -0.2) is 29.1 Å². The molecule has 0 spiro atoms. The molecule has 0 amide bonds. The fourth-order valence-corrected chi connectivity index (χ4v) is 2.69. The SMILES string of the molecule is CC1CC(C)N(CC(O)c2ccc(N)cc2)C1. The third-order valence-electron chi connectivity index (χ3n) is 3.64. The predicted octanol–water partition coefficient (Wildman–Crippen LogP) is 2.03. The number of rotatable bonds is 3. The molecule has 2 rings (SSSR count). The van der Waals surface area contributed by atoms with Crippen LogP contribution in [-0.2, 0) is 0 Å². The van der Waals surface area contributed by atoms with E-state index in [1.165, 1.54) is 6.42 Å². The van der Waals surface area contributed by atoms with E-state index in [2.05, 4.69) is 18.7 Å². The maximum Gasteiger partial charge on any atom is 0.0917 e. The van der Waals surface area contributed by atoms with Crippen molar-refractivity contribution < 1.29 is 5.11 Å². The summed E-state index contributed by atoms with van der Waals surface area (Å²) in [5, 5.41) is 10.2. The van der Waals surface area contributed by atoms with Crippen LogP contribution in [0.2, 0.25) is 0 Å². The van der Waals surface area contributed by atoms with Gasteiger partial charge in [0.25, 0.3) is 0 Å². The van der Waals surface area contributed by atoms with E-state index in [9.17, 15) is 5.11 Å². The van der Waals surface area contributed by atoms with E-state index in [1.54, 1.807) is 0 Å². The highest BCUT2D eigenvalue weighted by molar-refractivity contribution is 5.39. The first-order chi connectivity index (χ1) is 8.06. The Bertz CT molecular complexity index is 363. The summed E-state index contributed by atoms with van der Waals surface area (Å²) in [4.78, 5) is 2.37. The van der Waals surface area contributed by atoms with Gasteiger partial charge < -0.3 is 10.8 Å². The lowest BCUT2D eigenvalue weighted by molar-refractivity contribution is 0.109. The summed E-state index contributed by atoms with van der Waals surface area (Å²) in [6.07, 6.45) is 0.817. The first-order valence-corrected chi connectivity index (χ1v) is 6.34. The van der Waals surface area contributed by atoms with Gasteiger partial charge in [-0.2, -0.15) is 0 Å². The molecule has 1 aliphatic heterocycles. The molecule has 1 heterocycles. The Morgan fingerprint density at radius 1 is 1.35 bits per heavy atom. The average molecular weight is 234 g/mol. The van der Waals surface area contributed by atoms with Crippen molar-refractivity contribution in [3.05, 3.63) is 29.8 Å². The number of nitrogens with two attached hydrogens (primary N) is 1. The number of hydrogen-bond acceptors (Lipinski definition) is 3. The molecule has 0 radical (unpaired) electrons. The quantitative estimate of drug-likeness (QED) is 0.787. The van der Waals surface area contributed by atoms with E-state index in [0.717, 1.165) is 30.3 Å². The van der Waals surface area contributed by atoms with Crippen LogP contribution in [0.4, 0.5) is 5.69 Å². The number of nitrogen functional groups attached to an aromatic ring is 1. The molecule has 1 saturated heterocycles. The summed E-state index contributed by atoms with van der Waals surface area (Å²) in [6, 6.07) is 8.07. The molecular weight excluding hydrogens is 212 g/mol. The van der Waals surface area contributed by atoms with Gasteiger partial charge in [-0.05, 0) is 37.0 Å². The number of nitrogens with zero attached hydrogens (tertiary/aromatic N) is 1. The fraction of sp³-hybridized carbons (Fsp3) is 0.571. The van der Waals surface area contributed by atoms with Crippen molar-refractivity contribution in [1.82, 2.24) is 4.90 Å². The third kappa shape index (κ3) is 2.99. The molecular formula is C14H22N2O. The molecule has 1 fully saturated rings. The summed E-state index contributed by atoms with van der Waals surface area (Å²) in [7, 11) is 0. The minimum Gasteiger partial charge on any atom is -0.399 e. The molecule has 3 atom stereocenters.